The molecule has 0 saturated carbocycles. The minimum Gasteiger partial charge on any atom is -0.346 e. The Morgan fingerprint density at radius 1 is 1.05 bits per heavy atom. The molecule has 0 aliphatic heterocycles. The molecule has 4 heteroatoms. The monoisotopic (exact) mass is 296 g/mol. The lowest BCUT2D eigenvalue weighted by Crippen LogP contribution is -2.27. The summed E-state index contributed by atoms with van der Waals surface area (Å²) < 4.78 is 0. The minimum absolute atomic E-state index is 0.0851. The second-order valence-electron chi connectivity index (χ2n) is 5.31. The van der Waals surface area contributed by atoms with Crippen LogP contribution in [0.1, 0.15) is 41.4 Å². The third kappa shape index (κ3) is 3.95. The molecule has 2 aromatic rings. The van der Waals surface area contributed by atoms with Crippen LogP contribution in [0.25, 0.3) is 0 Å². The third-order valence-electron chi connectivity index (χ3n) is 3.45. The standard InChI is InChI=1S/C18H20N2O2/c1-12-7-4-5-10-17(12)13(2)19-18(22)15-8-6-9-16(11-15)20-14(3)21/h4-11,13H,1-3H3,(H,19,22)(H,20,21). The highest BCUT2D eigenvalue weighted by atomic mass is 16.2. The van der Waals surface area contributed by atoms with Crippen LogP contribution in [0.3, 0.4) is 0 Å². The lowest BCUT2D eigenvalue weighted by atomic mass is 10.0. The van der Waals surface area contributed by atoms with E-state index in [9.17, 15) is 9.59 Å². The summed E-state index contributed by atoms with van der Waals surface area (Å²) in [5.41, 5.74) is 3.37. The van der Waals surface area contributed by atoms with Crippen LogP contribution in [0, 0.1) is 6.92 Å². The van der Waals surface area contributed by atoms with Gasteiger partial charge in [-0.05, 0) is 43.2 Å². The second-order valence-corrected chi connectivity index (χ2v) is 5.31. The number of nitrogens with one attached hydrogen (secondary N) is 2. The summed E-state index contributed by atoms with van der Waals surface area (Å²) in [4.78, 5) is 23.4. The van der Waals surface area contributed by atoms with Crippen LogP contribution in [-0.2, 0) is 4.79 Å². The predicted molar refractivity (Wildman–Crippen MR) is 87.8 cm³/mol. The Morgan fingerprint density at radius 2 is 1.77 bits per heavy atom. The Bertz CT molecular complexity index is 695. The first kappa shape index (κ1) is 15.8. The Balaban J connectivity index is 2.12. The molecule has 0 aliphatic carbocycles. The molecule has 0 aromatic heterocycles. The minimum atomic E-state index is -0.164. The number of benzene rings is 2. The normalized spacial score (nSPS) is 11.6. The zero-order chi connectivity index (χ0) is 16.1. The summed E-state index contributed by atoms with van der Waals surface area (Å²) in [5.74, 6) is -0.325. The van der Waals surface area contributed by atoms with Gasteiger partial charge in [0.15, 0.2) is 0 Å². The van der Waals surface area contributed by atoms with E-state index in [1.54, 1.807) is 24.3 Å². The average molecular weight is 296 g/mol. The fraction of sp³-hybridized carbons (Fsp3) is 0.222. The van der Waals surface area contributed by atoms with Gasteiger partial charge in [0.05, 0.1) is 6.04 Å². The van der Waals surface area contributed by atoms with Gasteiger partial charge < -0.3 is 10.6 Å². The molecule has 2 aromatic carbocycles. The molecule has 4 nitrogen and oxygen atoms in total. The van der Waals surface area contributed by atoms with Gasteiger partial charge in [-0.3, -0.25) is 9.59 Å². The Hall–Kier alpha value is -2.62. The molecule has 0 heterocycles. The Labute approximate surface area is 130 Å². The molecule has 2 N–H and O–H groups in total. The van der Waals surface area contributed by atoms with Crippen LogP contribution in [0.4, 0.5) is 5.69 Å². The van der Waals surface area contributed by atoms with Crippen molar-refractivity contribution < 1.29 is 9.59 Å². The van der Waals surface area contributed by atoms with Crippen LogP contribution in [-0.4, -0.2) is 11.8 Å². The molecule has 0 saturated heterocycles. The first-order valence-corrected chi connectivity index (χ1v) is 7.21. The zero-order valence-corrected chi connectivity index (χ0v) is 13.0. The third-order valence-corrected chi connectivity index (χ3v) is 3.45. The number of aryl methyl sites for hydroxylation is 1. The van der Waals surface area contributed by atoms with E-state index in [4.69, 9.17) is 0 Å². The molecule has 1 atom stereocenters. The van der Waals surface area contributed by atoms with Gasteiger partial charge in [0.25, 0.3) is 5.91 Å². The highest BCUT2D eigenvalue weighted by Crippen LogP contribution is 2.18. The van der Waals surface area contributed by atoms with Gasteiger partial charge in [0.1, 0.15) is 0 Å². The van der Waals surface area contributed by atoms with E-state index in [1.807, 2.05) is 38.1 Å². The summed E-state index contributed by atoms with van der Waals surface area (Å²) in [6, 6.07) is 14.8. The number of amides is 2. The van der Waals surface area contributed by atoms with Crippen molar-refractivity contribution in [1.29, 1.82) is 0 Å². The number of hydrogen-bond acceptors (Lipinski definition) is 2. The molecule has 0 spiro atoms. The molecule has 0 bridgehead atoms. The van der Waals surface area contributed by atoms with Crippen LogP contribution in [0.15, 0.2) is 48.5 Å². The Morgan fingerprint density at radius 3 is 2.45 bits per heavy atom. The van der Waals surface area contributed by atoms with Crippen molar-refractivity contribution in [2.75, 3.05) is 5.32 Å². The summed E-state index contributed by atoms with van der Waals surface area (Å²) in [6.07, 6.45) is 0. The molecule has 114 valence electrons. The van der Waals surface area contributed by atoms with E-state index in [0.717, 1.165) is 11.1 Å². The average Bonchev–Trinajstić information content (AvgIpc) is 2.47. The van der Waals surface area contributed by atoms with Crippen molar-refractivity contribution in [2.45, 2.75) is 26.8 Å². The highest BCUT2D eigenvalue weighted by molar-refractivity contribution is 5.97. The maximum atomic E-state index is 12.4. The van der Waals surface area contributed by atoms with Crippen molar-refractivity contribution >= 4 is 17.5 Å². The fourth-order valence-corrected chi connectivity index (χ4v) is 2.37. The molecular formula is C18H20N2O2. The van der Waals surface area contributed by atoms with E-state index in [1.165, 1.54) is 6.92 Å². The lowest BCUT2D eigenvalue weighted by Gasteiger charge is -2.17. The van der Waals surface area contributed by atoms with Crippen LogP contribution in [0.2, 0.25) is 0 Å². The number of carbonyl (C=O) groups excluding carboxylic acids is 2. The van der Waals surface area contributed by atoms with Crippen molar-refractivity contribution in [3.63, 3.8) is 0 Å². The van der Waals surface area contributed by atoms with Gasteiger partial charge >= 0.3 is 0 Å². The van der Waals surface area contributed by atoms with E-state index in [0.29, 0.717) is 11.3 Å². The molecular weight excluding hydrogens is 276 g/mol. The van der Waals surface area contributed by atoms with Gasteiger partial charge in [0, 0.05) is 18.2 Å². The smallest absolute Gasteiger partial charge is 0.251 e. The molecule has 2 rings (SSSR count). The van der Waals surface area contributed by atoms with Crippen molar-refractivity contribution in [1.82, 2.24) is 5.32 Å². The maximum Gasteiger partial charge on any atom is 0.251 e. The van der Waals surface area contributed by atoms with Crippen molar-refractivity contribution in [2.24, 2.45) is 0 Å². The number of carbonyl (C=O) groups is 2. The van der Waals surface area contributed by atoms with E-state index >= 15 is 0 Å². The first-order chi connectivity index (χ1) is 10.5. The fourth-order valence-electron chi connectivity index (χ4n) is 2.37. The second kappa shape index (κ2) is 6.89. The van der Waals surface area contributed by atoms with Gasteiger partial charge in [-0.25, -0.2) is 0 Å². The van der Waals surface area contributed by atoms with Gasteiger partial charge in [-0.15, -0.1) is 0 Å². The molecule has 0 aliphatic rings. The number of rotatable bonds is 4. The van der Waals surface area contributed by atoms with Crippen LogP contribution in [0.5, 0.6) is 0 Å². The van der Waals surface area contributed by atoms with E-state index < -0.39 is 0 Å². The van der Waals surface area contributed by atoms with Crippen LogP contribution >= 0.6 is 0 Å². The molecule has 2 amide bonds. The van der Waals surface area contributed by atoms with Gasteiger partial charge in [-0.2, -0.15) is 0 Å². The SMILES string of the molecule is CC(=O)Nc1cccc(C(=O)NC(C)c2ccccc2C)c1. The molecule has 22 heavy (non-hydrogen) atoms. The maximum absolute atomic E-state index is 12.4. The van der Waals surface area contributed by atoms with E-state index in [-0.39, 0.29) is 17.9 Å². The number of hydrogen-bond donors (Lipinski definition) is 2. The van der Waals surface area contributed by atoms with Crippen molar-refractivity contribution in [3.05, 3.63) is 65.2 Å². The predicted octanol–water partition coefficient (Wildman–Crippen LogP) is 3.44. The van der Waals surface area contributed by atoms with Crippen LogP contribution < -0.4 is 10.6 Å². The van der Waals surface area contributed by atoms with Gasteiger partial charge in [-0.1, -0.05) is 30.3 Å². The lowest BCUT2D eigenvalue weighted by molar-refractivity contribution is -0.114. The Kier molecular flexibility index (Phi) is 4.94. The van der Waals surface area contributed by atoms with E-state index in [2.05, 4.69) is 10.6 Å². The first-order valence-electron chi connectivity index (χ1n) is 7.21. The molecule has 0 fully saturated rings. The zero-order valence-electron chi connectivity index (χ0n) is 13.0. The number of anilines is 1. The largest absolute Gasteiger partial charge is 0.346 e. The highest BCUT2D eigenvalue weighted by Gasteiger charge is 2.13. The molecule has 1 unspecified atom stereocenters. The summed E-state index contributed by atoms with van der Waals surface area (Å²) in [6.45, 7) is 5.42. The summed E-state index contributed by atoms with van der Waals surface area (Å²) in [5, 5.41) is 5.66. The summed E-state index contributed by atoms with van der Waals surface area (Å²) in [7, 11) is 0. The quantitative estimate of drug-likeness (QED) is 0.908. The summed E-state index contributed by atoms with van der Waals surface area (Å²) >= 11 is 0. The van der Waals surface area contributed by atoms with Gasteiger partial charge in [0.2, 0.25) is 5.91 Å². The van der Waals surface area contributed by atoms with Crippen molar-refractivity contribution in [3.8, 4) is 0 Å². The topological polar surface area (TPSA) is 58.2 Å². The molecule has 0 radical (unpaired) electrons.